The molecular weight excluding hydrogens is 320 g/mol. The predicted octanol–water partition coefficient (Wildman–Crippen LogP) is 5.35. The smallest absolute Gasteiger partial charge is 0.350 e. The molecule has 0 unspecified atom stereocenters. The van der Waals surface area contributed by atoms with E-state index in [0.29, 0.717) is 17.1 Å². The molecule has 0 aliphatic heterocycles. The molecule has 1 heterocycles. The molecule has 0 fully saturated rings. The van der Waals surface area contributed by atoms with Crippen molar-refractivity contribution in [3.63, 3.8) is 0 Å². The van der Waals surface area contributed by atoms with Crippen molar-refractivity contribution in [3.05, 3.63) is 64.0 Å². The van der Waals surface area contributed by atoms with Gasteiger partial charge in [-0.15, -0.1) is 0 Å². The van der Waals surface area contributed by atoms with Crippen LogP contribution >= 0.6 is 11.8 Å². The fraction of sp³-hybridized carbons (Fsp3) is 0.250. The van der Waals surface area contributed by atoms with Crippen LogP contribution in [0, 0.1) is 13.8 Å². The topological polar surface area (TPSA) is 39.4 Å². The van der Waals surface area contributed by atoms with Crippen molar-refractivity contribution in [2.75, 3.05) is 6.61 Å². The van der Waals surface area contributed by atoms with Gasteiger partial charge in [0, 0.05) is 16.3 Å². The Morgan fingerprint density at radius 1 is 1.04 bits per heavy atom. The first-order valence-corrected chi connectivity index (χ1v) is 8.84. The maximum absolute atomic E-state index is 12.3. The van der Waals surface area contributed by atoms with Crippen molar-refractivity contribution in [3.8, 4) is 5.75 Å². The number of aryl methyl sites for hydroxylation is 2. The Morgan fingerprint density at radius 3 is 2.67 bits per heavy atom. The van der Waals surface area contributed by atoms with Gasteiger partial charge in [0.05, 0.1) is 11.5 Å². The number of hydrogen-bond donors (Lipinski definition) is 0. The summed E-state index contributed by atoms with van der Waals surface area (Å²) in [6.45, 7) is 6.79. The lowest BCUT2D eigenvalue weighted by Gasteiger charge is -2.08. The van der Waals surface area contributed by atoms with Gasteiger partial charge in [-0.2, -0.15) is 0 Å². The van der Waals surface area contributed by atoms with Crippen molar-refractivity contribution in [1.29, 1.82) is 0 Å². The van der Waals surface area contributed by atoms with E-state index in [1.165, 1.54) is 17.3 Å². The molecule has 0 aliphatic rings. The summed E-state index contributed by atoms with van der Waals surface area (Å²) in [4.78, 5) is 14.0. The summed E-state index contributed by atoms with van der Waals surface area (Å²) in [7, 11) is 0. The summed E-state index contributed by atoms with van der Waals surface area (Å²) in [5.74, 6) is 0.724. The third-order valence-electron chi connectivity index (χ3n) is 3.71. The SMILES string of the molecule is CCCOc1ccc2cc(Sc3cc(C)ccc3C)c(=O)oc2c1. The fourth-order valence-electron chi connectivity index (χ4n) is 2.39. The summed E-state index contributed by atoms with van der Waals surface area (Å²) in [5.41, 5.74) is 2.55. The zero-order valence-corrected chi connectivity index (χ0v) is 14.9. The molecule has 0 aliphatic carbocycles. The molecule has 1 aromatic heterocycles. The van der Waals surface area contributed by atoms with E-state index in [-0.39, 0.29) is 5.63 Å². The highest BCUT2D eigenvalue weighted by Crippen LogP contribution is 2.31. The van der Waals surface area contributed by atoms with Crippen LogP contribution in [-0.4, -0.2) is 6.61 Å². The molecule has 4 heteroatoms. The average molecular weight is 340 g/mol. The van der Waals surface area contributed by atoms with E-state index < -0.39 is 0 Å². The van der Waals surface area contributed by atoms with Crippen molar-refractivity contribution in [2.24, 2.45) is 0 Å². The molecule has 24 heavy (non-hydrogen) atoms. The quantitative estimate of drug-likeness (QED) is 0.587. The van der Waals surface area contributed by atoms with Crippen LogP contribution in [0.4, 0.5) is 0 Å². The van der Waals surface area contributed by atoms with E-state index in [1.54, 1.807) is 6.07 Å². The van der Waals surface area contributed by atoms with Gasteiger partial charge in [-0.1, -0.05) is 30.8 Å². The number of benzene rings is 2. The van der Waals surface area contributed by atoms with E-state index in [0.717, 1.165) is 28.0 Å². The van der Waals surface area contributed by atoms with Crippen molar-refractivity contribution in [2.45, 2.75) is 37.0 Å². The van der Waals surface area contributed by atoms with Crippen LogP contribution < -0.4 is 10.4 Å². The second-order valence-corrected chi connectivity index (χ2v) is 6.90. The number of ether oxygens (including phenoxy) is 1. The van der Waals surface area contributed by atoms with Crippen LogP contribution in [0.3, 0.4) is 0 Å². The molecule has 3 aromatic rings. The summed E-state index contributed by atoms with van der Waals surface area (Å²) in [6.07, 6.45) is 0.938. The maximum atomic E-state index is 12.3. The average Bonchev–Trinajstić information content (AvgIpc) is 2.57. The Hall–Kier alpha value is -2.20. The lowest BCUT2D eigenvalue weighted by atomic mass is 10.2. The van der Waals surface area contributed by atoms with Gasteiger partial charge in [0.25, 0.3) is 0 Å². The van der Waals surface area contributed by atoms with E-state index in [4.69, 9.17) is 9.15 Å². The molecule has 124 valence electrons. The number of hydrogen-bond acceptors (Lipinski definition) is 4. The molecule has 0 radical (unpaired) electrons. The third-order valence-corrected chi connectivity index (χ3v) is 4.88. The zero-order valence-electron chi connectivity index (χ0n) is 14.1. The number of fused-ring (bicyclic) bond motifs is 1. The van der Waals surface area contributed by atoms with Crippen LogP contribution in [0.15, 0.2) is 61.5 Å². The van der Waals surface area contributed by atoms with Crippen LogP contribution in [0.1, 0.15) is 24.5 Å². The van der Waals surface area contributed by atoms with Crippen LogP contribution in [0.25, 0.3) is 11.0 Å². The second kappa shape index (κ2) is 7.14. The molecule has 0 saturated heterocycles. The Balaban J connectivity index is 1.96. The maximum Gasteiger partial charge on any atom is 0.350 e. The van der Waals surface area contributed by atoms with Gasteiger partial charge in [-0.3, -0.25) is 0 Å². The van der Waals surface area contributed by atoms with Crippen LogP contribution in [0.5, 0.6) is 5.75 Å². The monoisotopic (exact) mass is 340 g/mol. The standard InChI is InChI=1S/C20H20O3S/c1-4-9-22-16-8-7-15-11-19(20(21)23-17(15)12-16)24-18-10-13(2)5-6-14(18)3/h5-8,10-12H,4,9H2,1-3H3. The normalized spacial score (nSPS) is 11.0. The van der Waals surface area contributed by atoms with Gasteiger partial charge in [0.15, 0.2) is 0 Å². The molecule has 0 saturated carbocycles. The third kappa shape index (κ3) is 3.65. The second-order valence-electron chi connectivity index (χ2n) is 5.82. The molecule has 0 N–H and O–H groups in total. The van der Waals surface area contributed by atoms with E-state index >= 15 is 0 Å². The minimum atomic E-state index is -0.318. The highest BCUT2D eigenvalue weighted by molar-refractivity contribution is 7.99. The fourth-order valence-corrected chi connectivity index (χ4v) is 3.41. The van der Waals surface area contributed by atoms with E-state index in [1.807, 2.05) is 32.0 Å². The van der Waals surface area contributed by atoms with Crippen molar-refractivity contribution >= 4 is 22.7 Å². The summed E-state index contributed by atoms with van der Waals surface area (Å²) >= 11 is 1.45. The van der Waals surface area contributed by atoms with Crippen LogP contribution in [-0.2, 0) is 0 Å². The predicted molar refractivity (Wildman–Crippen MR) is 98.3 cm³/mol. The Bertz CT molecular complexity index is 928. The Labute approximate surface area is 145 Å². The largest absolute Gasteiger partial charge is 0.493 e. The molecule has 0 amide bonds. The first-order chi connectivity index (χ1) is 11.6. The van der Waals surface area contributed by atoms with Gasteiger partial charge in [0.2, 0.25) is 0 Å². The summed E-state index contributed by atoms with van der Waals surface area (Å²) in [6, 6.07) is 13.7. The van der Waals surface area contributed by atoms with Gasteiger partial charge in [-0.05, 0) is 55.7 Å². The molecule has 3 rings (SSSR count). The molecule has 0 atom stereocenters. The van der Waals surface area contributed by atoms with Crippen molar-refractivity contribution in [1.82, 2.24) is 0 Å². The van der Waals surface area contributed by atoms with Crippen LogP contribution in [0.2, 0.25) is 0 Å². The molecular formula is C20H20O3S. The number of rotatable bonds is 5. The summed E-state index contributed by atoms with van der Waals surface area (Å²) < 4.78 is 11.1. The van der Waals surface area contributed by atoms with Gasteiger partial charge < -0.3 is 9.15 Å². The Kier molecular flexibility index (Phi) is 4.95. The van der Waals surface area contributed by atoms with E-state index in [2.05, 4.69) is 25.1 Å². The van der Waals surface area contributed by atoms with Gasteiger partial charge in [-0.25, -0.2) is 4.79 Å². The molecule has 2 aromatic carbocycles. The highest BCUT2D eigenvalue weighted by atomic mass is 32.2. The lowest BCUT2D eigenvalue weighted by Crippen LogP contribution is -2.02. The lowest BCUT2D eigenvalue weighted by molar-refractivity contribution is 0.317. The van der Waals surface area contributed by atoms with Gasteiger partial charge >= 0.3 is 5.63 Å². The summed E-state index contributed by atoms with van der Waals surface area (Å²) in [5, 5.41) is 0.895. The minimum Gasteiger partial charge on any atom is -0.493 e. The molecule has 0 spiro atoms. The van der Waals surface area contributed by atoms with E-state index in [9.17, 15) is 4.79 Å². The minimum absolute atomic E-state index is 0.318. The first-order valence-electron chi connectivity index (χ1n) is 8.02. The highest BCUT2D eigenvalue weighted by Gasteiger charge is 2.10. The van der Waals surface area contributed by atoms with Gasteiger partial charge in [0.1, 0.15) is 11.3 Å². The molecule has 0 bridgehead atoms. The molecule has 3 nitrogen and oxygen atoms in total. The van der Waals surface area contributed by atoms with Crippen molar-refractivity contribution < 1.29 is 9.15 Å². The zero-order chi connectivity index (χ0) is 17.1. The first kappa shape index (κ1) is 16.7. The Morgan fingerprint density at radius 2 is 1.88 bits per heavy atom.